The lowest BCUT2D eigenvalue weighted by molar-refractivity contribution is -0.137. The molecule has 3 rings (SSSR count). The summed E-state index contributed by atoms with van der Waals surface area (Å²) in [5.74, 6) is -0.0997. The van der Waals surface area contributed by atoms with E-state index >= 15 is 0 Å². The van der Waals surface area contributed by atoms with Crippen molar-refractivity contribution in [1.82, 2.24) is 14.5 Å². The zero-order valence-electron chi connectivity index (χ0n) is 11.0. The van der Waals surface area contributed by atoms with Crippen LogP contribution in [0.25, 0.3) is 22.4 Å². The number of aryl methyl sites for hydroxylation is 1. The van der Waals surface area contributed by atoms with Gasteiger partial charge in [-0.05, 0) is 34.1 Å². The number of carbonyl (C=O) groups is 1. The molecule has 21 heavy (non-hydrogen) atoms. The second-order valence-corrected chi connectivity index (χ2v) is 5.53. The third-order valence-electron chi connectivity index (χ3n) is 3.17. The van der Waals surface area contributed by atoms with Crippen LogP contribution in [-0.2, 0) is 11.3 Å². The molecule has 0 bridgehead atoms. The number of aliphatic carboxylic acids is 1. The van der Waals surface area contributed by atoms with Crippen LogP contribution in [0.3, 0.4) is 0 Å². The zero-order chi connectivity index (χ0) is 14.8. The maximum absolute atomic E-state index is 10.9. The van der Waals surface area contributed by atoms with Gasteiger partial charge in [-0.3, -0.25) is 9.78 Å². The average Bonchev–Trinajstić information content (AvgIpc) is 2.84. The third-order valence-corrected chi connectivity index (χ3v) is 3.60. The summed E-state index contributed by atoms with van der Waals surface area (Å²) in [7, 11) is 0. The van der Waals surface area contributed by atoms with Crippen LogP contribution in [0.2, 0.25) is 0 Å². The molecule has 106 valence electrons. The number of imidazole rings is 1. The van der Waals surface area contributed by atoms with Gasteiger partial charge in [0.2, 0.25) is 0 Å². The Hall–Kier alpha value is -2.21. The molecule has 0 radical (unpaired) electrons. The Morgan fingerprint density at radius 2 is 2.10 bits per heavy atom. The molecule has 0 spiro atoms. The van der Waals surface area contributed by atoms with Crippen LogP contribution in [0.5, 0.6) is 0 Å². The Morgan fingerprint density at radius 1 is 1.29 bits per heavy atom. The highest BCUT2D eigenvalue weighted by atomic mass is 79.9. The Balaban J connectivity index is 2.16. The molecule has 0 unspecified atom stereocenters. The molecule has 2 heterocycles. The fourth-order valence-electron chi connectivity index (χ4n) is 2.26. The van der Waals surface area contributed by atoms with Crippen molar-refractivity contribution in [2.24, 2.45) is 0 Å². The summed E-state index contributed by atoms with van der Waals surface area (Å²) in [5, 5.41) is 8.94. The fourth-order valence-corrected chi connectivity index (χ4v) is 2.63. The van der Waals surface area contributed by atoms with Gasteiger partial charge in [0.1, 0.15) is 5.82 Å². The highest BCUT2D eigenvalue weighted by molar-refractivity contribution is 9.10. The molecule has 1 aromatic carbocycles. The van der Waals surface area contributed by atoms with Crippen LogP contribution in [0.1, 0.15) is 6.42 Å². The van der Waals surface area contributed by atoms with Crippen LogP contribution < -0.4 is 0 Å². The average molecular weight is 346 g/mol. The number of para-hydroxylation sites is 2. The number of pyridine rings is 1. The number of carboxylic acids is 1. The lowest BCUT2D eigenvalue weighted by Gasteiger charge is -2.07. The maximum atomic E-state index is 10.9. The maximum Gasteiger partial charge on any atom is 0.305 e. The van der Waals surface area contributed by atoms with Crippen LogP contribution >= 0.6 is 15.9 Å². The summed E-state index contributed by atoms with van der Waals surface area (Å²) in [6.07, 6.45) is 3.48. The highest BCUT2D eigenvalue weighted by Gasteiger charge is 2.13. The van der Waals surface area contributed by atoms with Gasteiger partial charge in [-0.2, -0.15) is 0 Å². The van der Waals surface area contributed by atoms with Crippen molar-refractivity contribution in [2.45, 2.75) is 13.0 Å². The van der Waals surface area contributed by atoms with E-state index in [1.54, 1.807) is 12.4 Å². The second kappa shape index (κ2) is 5.65. The van der Waals surface area contributed by atoms with E-state index in [0.717, 1.165) is 26.9 Å². The molecule has 0 saturated carbocycles. The Kier molecular flexibility index (Phi) is 3.70. The van der Waals surface area contributed by atoms with Crippen LogP contribution in [0.15, 0.2) is 47.2 Å². The van der Waals surface area contributed by atoms with Crippen molar-refractivity contribution in [1.29, 1.82) is 0 Å². The van der Waals surface area contributed by atoms with Crippen molar-refractivity contribution in [3.8, 4) is 11.4 Å². The van der Waals surface area contributed by atoms with E-state index < -0.39 is 5.97 Å². The number of benzene rings is 1. The minimum Gasteiger partial charge on any atom is -0.481 e. The molecule has 0 aliphatic heterocycles. The number of fused-ring (bicyclic) bond motifs is 1. The third kappa shape index (κ3) is 2.80. The van der Waals surface area contributed by atoms with Crippen LogP contribution in [0, 0.1) is 0 Å². The molecular formula is C15H12BrN3O2. The van der Waals surface area contributed by atoms with E-state index in [1.165, 1.54) is 0 Å². The van der Waals surface area contributed by atoms with E-state index in [0.29, 0.717) is 6.54 Å². The summed E-state index contributed by atoms with van der Waals surface area (Å²) in [6, 6.07) is 9.62. The van der Waals surface area contributed by atoms with E-state index in [9.17, 15) is 4.79 Å². The fraction of sp³-hybridized carbons (Fsp3) is 0.133. The van der Waals surface area contributed by atoms with Crippen molar-refractivity contribution >= 4 is 32.9 Å². The highest BCUT2D eigenvalue weighted by Crippen LogP contribution is 2.26. The van der Waals surface area contributed by atoms with Gasteiger partial charge in [0.25, 0.3) is 0 Å². The van der Waals surface area contributed by atoms with Gasteiger partial charge in [-0.15, -0.1) is 0 Å². The first kappa shape index (κ1) is 13.8. The molecule has 3 aromatic rings. The second-order valence-electron chi connectivity index (χ2n) is 4.61. The van der Waals surface area contributed by atoms with Crippen LogP contribution in [0.4, 0.5) is 0 Å². The molecule has 0 amide bonds. The molecule has 2 aromatic heterocycles. The Bertz CT molecular complexity index is 814. The molecule has 0 atom stereocenters. The molecule has 0 saturated heterocycles. The quantitative estimate of drug-likeness (QED) is 0.787. The lowest BCUT2D eigenvalue weighted by atomic mass is 10.2. The monoisotopic (exact) mass is 345 g/mol. The first-order valence-electron chi connectivity index (χ1n) is 6.43. The molecule has 6 heteroatoms. The van der Waals surface area contributed by atoms with Gasteiger partial charge in [0.15, 0.2) is 0 Å². The molecular weight excluding hydrogens is 334 g/mol. The summed E-state index contributed by atoms with van der Waals surface area (Å²) < 4.78 is 2.78. The van der Waals surface area contributed by atoms with E-state index in [2.05, 4.69) is 25.9 Å². The largest absolute Gasteiger partial charge is 0.481 e. The Morgan fingerprint density at radius 3 is 2.86 bits per heavy atom. The summed E-state index contributed by atoms with van der Waals surface area (Å²) in [5.41, 5.74) is 2.62. The SMILES string of the molecule is O=C(O)CCn1c(-c2cncc(Br)c2)nc2ccccc21. The molecule has 0 fully saturated rings. The van der Waals surface area contributed by atoms with E-state index in [1.807, 2.05) is 34.9 Å². The van der Waals surface area contributed by atoms with Gasteiger partial charge in [-0.25, -0.2) is 4.98 Å². The molecule has 5 nitrogen and oxygen atoms in total. The van der Waals surface area contributed by atoms with Crippen molar-refractivity contribution in [3.05, 3.63) is 47.2 Å². The van der Waals surface area contributed by atoms with E-state index in [-0.39, 0.29) is 6.42 Å². The van der Waals surface area contributed by atoms with Crippen molar-refractivity contribution in [3.63, 3.8) is 0 Å². The normalized spacial score (nSPS) is 10.9. The number of hydrogen-bond donors (Lipinski definition) is 1. The first-order chi connectivity index (χ1) is 10.1. The van der Waals surface area contributed by atoms with Crippen molar-refractivity contribution in [2.75, 3.05) is 0 Å². The molecule has 0 aliphatic carbocycles. The summed E-state index contributed by atoms with van der Waals surface area (Å²) >= 11 is 3.40. The predicted octanol–water partition coefficient (Wildman–Crippen LogP) is 3.34. The van der Waals surface area contributed by atoms with Gasteiger partial charge < -0.3 is 9.67 Å². The minimum atomic E-state index is -0.828. The molecule has 0 aliphatic rings. The number of nitrogens with zero attached hydrogens (tertiary/aromatic N) is 3. The number of halogens is 1. The smallest absolute Gasteiger partial charge is 0.305 e. The first-order valence-corrected chi connectivity index (χ1v) is 7.22. The van der Waals surface area contributed by atoms with Gasteiger partial charge >= 0.3 is 5.97 Å². The topological polar surface area (TPSA) is 68.0 Å². The number of aromatic nitrogens is 3. The Labute approximate surface area is 129 Å². The lowest BCUT2D eigenvalue weighted by Crippen LogP contribution is -2.06. The number of carboxylic acid groups (broad SMARTS) is 1. The van der Waals surface area contributed by atoms with Gasteiger partial charge in [0.05, 0.1) is 17.5 Å². The van der Waals surface area contributed by atoms with Crippen LogP contribution in [-0.4, -0.2) is 25.6 Å². The van der Waals surface area contributed by atoms with Gasteiger partial charge in [0, 0.05) is 29.0 Å². The minimum absolute atomic E-state index is 0.0504. The standard InChI is InChI=1S/C15H12BrN3O2/c16-11-7-10(8-17-9-11)15-18-12-3-1-2-4-13(12)19(15)6-5-14(20)21/h1-4,7-9H,5-6H2,(H,20,21). The predicted molar refractivity (Wildman–Crippen MR) is 82.9 cm³/mol. The summed E-state index contributed by atoms with van der Waals surface area (Å²) in [4.78, 5) is 19.6. The number of rotatable bonds is 4. The number of hydrogen-bond acceptors (Lipinski definition) is 3. The van der Waals surface area contributed by atoms with E-state index in [4.69, 9.17) is 5.11 Å². The summed E-state index contributed by atoms with van der Waals surface area (Å²) in [6.45, 7) is 0.373. The molecule has 1 N–H and O–H groups in total. The van der Waals surface area contributed by atoms with Gasteiger partial charge in [-0.1, -0.05) is 12.1 Å². The van der Waals surface area contributed by atoms with Crippen molar-refractivity contribution < 1.29 is 9.90 Å². The zero-order valence-corrected chi connectivity index (χ0v) is 12.6.